The molecule has 0 spiro atoms. The van der Waals surface area contributed by atoms with Crippen LogP contribution in [-0.4, -0.2) is 0 Å². The first-order valence-electron chi connectivity index (χ1n) is 4.53. The van der Waals surface area contributed by atoms with Crippen LogP contribution in [0.4, 0.5) is 13.2 Å². The van der Waals surface area contributed by atoms with E-state index in [-0.39, 0.29) is 11.5 Å². The van der Waals surface area contributed by atoms with Crippen LogP contribution >= 0.6 is 0 Å². The summed E-state index contributed by atoms with van der Waals surface area (Å²) in [6, 6.07) is 8.08. The maximum absolute atomic E-state index is 13.2. The molecule has 0 aliphatic carbocycles. The number of ether oxygens (including phenoxy) is 1. The van der Waals surface area contributed by atoms with Crippen molar-refractivity contribution in [1.29, 1.82) is 0 Å². The Morgan fingerprint density at radius 3 is 2.00 bits per heavy atom. The molecule has 2 aromatic carbocycles. The zero-order valence-electron chi connectivity index (χ0n) is 8.08. The first-order chi connectivity index (χ1) is 7.65. The SMILES string of the molecule is Fc1ccc(Oc2ccc(F)cc2F)cc1. The average molecular weight is 224 g/mol. The molecule has 1 nitrogen and oxygen atoms in total. The first-order valence-corrected chi connectivity index (χ1v) is 4.53. The second kappa shape index (κ2) is 4.26. The molecular weight excluding hydrogens is 217 g/mol. The number of hydrogen-bond donors (Lipinski definition) is 0. The van der Waals surface area contributed by atoms with Gasteiger partial charge in [-0.2, -0.15) is 0 Å². The number of rotatable bonds is 2. The molecule has 16 heavy (non-hydrogen) atoms. The Bertz CT molecular complexity index is 494. The maximum atomic E-state index is 13.2. The van der Waals surface area contributed by atoms with Crippen LogP contribution in [0.5, 0.6) is 11.5 Å². The molecule has 4 heteroatoms. The minimum Gasteiger partial charge on any atom is -0.454 e. The van der Waals surface area contributed by atoms with Gasteiger partial charge in [0.15, 0.2) is 11.6 Å². The molecule has 0 atom stereocenters. The molecule has 0 N–H and O–H groups in total. The van der Waals surface area contributed by atoms with E-state index in [0.717, 1.165) is 12.1 Å². The lowest BCUT2D eigenvalue weighted by atomic mass is 10.3. The van der Waals surface area contributed by atoms with Gasteiger partial charge in [-0.05, 0) is 36.4 Å². The quantitative estimate of drug-likeness (QED) is 0.751. The lowest BCUT2D eigenvalue weighted by Crippen LogP contribution is -1.89. The van der Waals surface area contributed by atoms with Crippen LogP contribution in [0.1, 0.15) is 0 Å². The van der Waals surface area contributed by atoms with E-state index in [1.54, 1.807) is 0 Å². The highest BCUT2D eigenvalue weighted by molar-refractivity contribution is 5.32. The zero-order chi connectivity index (χ0) is 11.5. The normalized spacial score (nSPS) is 10.2. The van der Waals surface area contributed by atoms with Crippen molar-refractivity contribution in [3.05, 3.63) is 59.9 Å². The second-order valence-corrected chi connectivity index (χ2v) is 3.13. The number of benzene rings is 2. The van der Waals surface area contributed by atoms with Crippen LogP contribution in [-0.2, 0) is 0 Å². The highest BCUT2D eigenvalue weighted by Gasteiger charge is 2.05. The minimum absolute atomic E-state index is 0.104. The molecule has 0 saturated carbocycles. The number of halogens is 3. The Kier molecular flexibility index (Phi) is 2.81. The minimum atomic E-state index is -0.802. The van der Waals surface area contributed by atoms with Gasteiger partial charge in [0, 0.05) is 6.07 Å². The molecule has 0 aromatic heterocycles. The monoisotopic (exact) mass is 224 g/mol. The Hall–Kier alpha value is -1.97. The van der Waals surface area contributed by atoms with Crippen molar-refractivity contribution < 1.29 is 17.9 Å². The molecule has 2 aromatic rings. The second-order valence-electron chi connectivity index (χ2n) is 3.13. The molecule has 0 saturated heterocycles. The van der Waals surface area contributed by atoms with Gasteiger partial charge in [-0.1, -0.05) is 0 Å². The van der Waals surface area contributed by atoms with Crippen LogP contribution in [0.25, 0.3) is 0 Å². The van der Waals surface area contributed by atoms with Crippen molar-refractivity contribution in [1.82, 2.24) is 0 Å². The third-order valence-electron chi connectivity index (χ3n) is 1.94. The fourth-order valence-electron chi connectivity index (χ4n) is 1.19. The molecule has 0 bridgehead atoms. The van der Waals surface area contributed by atoms with Crippen molar-refractivity contribution in [2.24, 2.45) is 0 Å². The standard InChI is InChI=1S/C12H7F3O/c13-8-1-4-10(5-2-8)16-12-6-3-9(14)7-11(12)15/h1-7H. The van der Waals surface area contributed by atoms with Gasteiger partial charge >= 0.3 is 0 Å². The van der Waals surface area contributed by atoms with E-state index in [1.165, 1.54) is 30.3 Å². The fraction of sp³-hybridized carbons (Fsp3) is 0. The summed E-state index contributed by atoms with van der Waals surface area (Å²) in [6.45, 7) is 0. The van der Waals surface area contributed by atoms with Crippen molar-refractivity contribution in [2.45, 2.75) is 0 Å². The van der Waals surface area contributed by atoms with Crippen molar-refractivity contribution in [3.63, 3.8) is 0 Å². The topological polar surface area (TPSA) is 9.23 Å². The third-order valence-corrected chi connectivity index (χ3v) is 1.94. The Morgan fingerprint density at radius 1 is 0.750 bits per heavy atom. The van der Waals surface area contributed by atoms with E-state index in [0.29, 0.717) is 0 Å². The van der Waals surface area contributed by atoms with Gasteiger partial charge in [0.1, 0.15) is 17.4 Å². The summed E-state index contributed by atoms with van der Waals surface area (Å²) in [5.74, 6) is -1.71. The van der Waals surface area contributed by atoms with E-state index >= 15 is 0 Å². The van der Waals surface area contributed by atoms with E-state index in [9.17, 15) is 13.2 Å². The highest BCUT2D eigenvalue weighted by Crippen LogP contribution is 2.24. The molecule has 82 valence electrons. The van der Waals surface area contributed by atoms with Crippen molar-refractivity contribution >= 4 is 0 Å². The molecule has 0 unspecified atom stereocenters. The zero-order valence-corrected chi connectivity index (χ0v) is 8.08. The predicted molar refractivity (Wildman–Crippen MR) is 52.8 cm³/mol. The Labute approximate surface area is 90.1 Å². The van der Waals surface area contributed by atoms with Crippen molar-refractivity contribution in [2.75, 3.05) is 0 Å². The van der Waals surface area contributed by atoms with E-state index in [4.69, 9.17) is 4.74 Å². The first kappa shape index (κ1) is 10.5. The molecule has 0 heterocycles. The smallest absolute Gasteiger partial charge is 0.168 e. The van der Waals surface area contributed by atoms with Gasteiger partial charge in [-0.3, -0.25) is 0 Å². The average Bonchev–Trinajstić information content (AvgIpc) is 2.25. The molecule has 0 radical (unpaired) electrons. The fourth-order valence-corrected chi connectivity index (χ4v) is 1.19. The Morgan fingerprint density at radius 2 is 1.38 bits per heavy atom. The third kappa shape index (κ3) is 2.34. The van der Waals surface area contributed by atoms with E-state index in [1.807, 2.05) is 0 Å². The molecule has 0 aliphatic rings. The van der Waals surface area contributed by atoms with Crippen LogP contribution in [0, 0.1) is 17.5 Å². The molecule has 0 aliphatic heterocycles. The van der Waals surface area contributed by atoms with Crippen LogP contribution < -0.4 is 4.74 Å². The largest absolute Gasteiger partial charge is 0.454 e. The summed E-state index contributed by atoms with van der Waals surface area (Å²) < 4.78 is 43.5. The van der Waals surface area contributed by atoms with Gasteiger partial charge in [0.25, 0.3) is 0 Å². The summed E-state index contributed by atoms with van der Waals surface area (Å²) in [5, 5.41) is 0. The molecular formula is C12H7F3O. The molecule has 2 rings (SSSR count). The summed E-state index contributed by atoms with van der Waals surface area (Å²) in [4.78, 5) is 0. The number of hydrogen-bond acceptors (Lipinski definition) is 1. The summed E-state index contributed by atoms with van der Waals surface area (Å²) in [5.41, 5.74) is 0. The Balaban J connectivity index is 2.23. The van der Waals surface area contributed by atoms with E-state index in [2.05, 4.69) is 0 Å². The van der Waals surface area contributed by atoms with Crippen molar-refractivity contribution in [3.8, 4) is 11.5 Å². The van der Waals surface area contributed by atoms with Gasteiger partial charge in [0.05, 0.1) is 0 Å². The van der Waals surface area contributed by atoms with Gasteiger partial charge in [-0.15, -0.1) is 0 Å². The van der Waals surface area contributed by atoms with Gasteiger partial charge in [-0.25, -0.2) is 13.2 Å². The van der Waals surface area contributed by atoms with E-state index < -0.39 is 17.5 Å². The van der Waals surface area contributed by atoms with Gasteiger partial charge in [0.2, 0.25) is 0 Å². The highest BCUT2D eigenvalue weighted by atomic mass is 19.1. The summed E-state index contributed by atoms with van der Waals surface area (Å²) in [6.07, 6.45) is 0. The maximum Gasteiger partial charge on any atom is 0.168 e. The van der Waals surface area contributed by atoms with Crippen LogP contribution in [0.3, 0.4) is 0 Å². The van der Waals surface area contributed by atoms with Crippen LogP contribution in [0.2, 0.25) is 0 Å². The summed E-state index contributed by atoms with van der Waals surface area (Å²) in [7, 11) is 0. The predicted octanol–water partition coefficient (Wildman–Crippen LogP) is 3.90. The molecule has 0 fully saturated rings. The van der Waals surface area contributed by atoms with Crippen LogP contribution in [0.15, 0.2) is 42.5 Å². The van der Waals surface area contributed by atoms with Gasteiger partial charge < -0.3 is 4.74 Å². The molecule has 0 amide bonds. The lowest BCUT2D eigenvalue weighted by molar-refractivity contribution is 0.436. The summed E-state index contributed by atoms with van der Waals surface area (Å²) >= 11 is 0. The lowest BCUT2D eigenvalue weighted by Gasteiger charge is -2.06.